The Hall–Kier alpha value is -3.93. The number of allylic oxidation sites excluding steroid dienone is 2. The van der Waals surface area contributed by atoms with Crippen molar-refractivity contribution < 1.29 is 28.5 Å². The molecule has 6 nitrogen and oxygen atoms in total. The van der Waals surface area contributed by atoms with Crippen molar-refractivity contribution in [3.63, 3.8) is 0 Å². The normalized spacial score (nSPS) is 17.5. The van der Waals surface area contributed by atoms with Crippen LogP contribution in [0.2, 0.25) is 0 Å². The zero-order valence-corrected chi connectivity index (χ0v) is 21.0. The topological polar surface area (TPSA) is 63.2 Å². The van der Waals surface area contributed by atoms with Gasteiger partial charge in [-0.3, -0.25) is 4.79 Å². The van der Waals surface area contributed by atoms with Crippen LogP contribution in [-0.2, 0) is 13.0 Å². The zero-order chi connectivity index (χ0) is 25.2. The third-order valence-corrected chi connectivity index (χ3v) is 6.61. The number of ether oxygens (including phenoxy) is 5. The summed E-state index contributed by atoms with van der Waals surface area (Å²) in [6.45, 7) is 4.79. The standard InChI is InChI=1S/C30H30O6/c1-18(2)10-11-20-23(34-16-19-8-6-5-7-9-19)13-12-21-29(31)28-22-14-25(32-3)26(33-4)15-24(22)35-17-27(28)36-30(20)21/h5-10,12-15,27-28H,11,16-17H2,1-4H3/t27-,28+/m1/s1. The number of rotatable bonds is 7. The van der Waals surface area contributed by atoms with E-state index in [9.17, 15) is 4.79 Å². The summed E-state index contributed by atoms with van der Waals surface area (Å²) in [5.74, 6) is 2.53. The Morgan fingerprint density at radius 1 is 1.00 bits per heavy atom. The number of carbonyl (C=O) groups is 1. The maximum Gasteiger partial charge on any atom is 0.178 e. The lowest BCUT2D eigenvalue weighted by molar-refractivity contribution is 0.0552. The van der Waals surface area contributed by atoms with Gasteiger partial charge in [0.25, 0.3) is 0 Å². The lowest BCUT2D eigenvalue weighted by Gasteiger charge is -2.38. The van der Waals surface area contributed by atoms with E-state index in [0.717, 1.165) is 16.7 Å². The van der Waals surface area contributed by atoms with Gasteiger partial charge in [-0.25, -0.2) is 0 Å². The number of hydrogen-bond acceptors (Lipinski definition) is 6. The first-order valence-electron chi connectivity index (χ1n) is 12.1. The van der Waals surface area contributed by atoms with Gasteiger partial charge in [0.05, 0.1) is 25.7 Å². The largest absolute Gasteiger partial charge is 0.493 e. The molecular formula is C30H30O6. The molecule has 0 aliphatic carbocycles. The fourth-order valence-electron chi connectivity index (χ4n) is 4.75. The summed E-state index contributed by atoms with van der Waals surface area (Å²) in [7, 11) is 3.15. The van der Waals surface area contributed by atoms with Crippen molar-refractivity contribution in [1.29, 1.82) is 0 Å². The van der Waals surface area contributed by atoms with Gasteiger partial charge in [-0.05, 0) is 44.0 Å². The van der Waals surface area contributed by atoms with Crippen LogP contribution in [0.25, 0.3) is 0 Å². The molecule has 3 aromatic carbocycles. The quantitative estimate of drug-likeness (QED) is 0.387. The summed E-state index contributed by atoms with van der Waals surface area (Å²) >= 11 is 0. The maximum atomic E-state index is 13.9. The number of hydrogen-bond donors (Lipinski definition) is 0. The first-order chi connectivity index (χ1) is 17.5. The van der Waals surface area contributed by atoms with Crippen LogP contribution in [-0.4, -0.2) is 32.7 Å². The Morgan fingerprint density at radius 3 is 2.47 bits per heavy atom. The first-order valence-corrected chi connectivity index (χ1v) is 12.1. The molecule has 0 fully saturated rings. The Bertz CT molecular complexity index is 1310. The summed E-state index contributed by atoms with van der Waals surface area (Å²) in [5.41, 5.74) is 4.42. The van der Waals surface area contributed by atoms with E-state index in [2.05, 4.69) is 19.9 Å². The summed E-state index contributed by atoms with van der Waals surface area (Å²) in [5, 5.41) is 0. The molecule has 36 heavy (non-hydrogen) atoms. The molecule has 0 saturated heterocycles. The smallest absolute Gasteiger partial charge is 0.178 e. The molecule has 0 saturated carbocycles. The molecule has 0 bridgehead atoms. The number of methoxy groups -OCH3 is 2. The van der Waals surface area contributed by atoms with Gasteiger partial charge in [-0.1, -0.05) is 42.0 Å². The monoisotopic (exact) mass is 486 g/mol. The van der Waals surface area contributed by atoms with Crippen molar-refractivity contribution in [2.45, 2.75) is 38.9 Å². The minimum absolute atomic E-state index is 0.00563. The number of carbonyl (C=O) groups excluding carboxylic acids is 1. The van der Waals surface area contributed by atoms with E-state index in [-0.39, 0.29) is 12.4 Å². The molecule has 186 valence electrons. The lowest BCUT2D eigenvalue weighted by Crippen LogP contribution is -2.43. The Balaban J connectivity index is 1.54. The maximum absolute atomic E-state index is 13.9. The molecule has 0 unspecified atom stereocenters. The molecular weight excluding hydrogens is 456 g/mol. The van der Waals surface area contributed by atoms with Crippen molar-refractivity contribution >= 4 is 5.78 Å². The Labute approximate surface area is 211 Å². The molecule has 5 rings (SSSR count). The van der Waals surface area contributed by atoms with E-state index in [1.165, 1.54) is 5.57 Å². The molecule has 0 aromatic heterocycles. The fourth-order valence-corrected chi connectivity index (χ4v) is 4.75. The highest BCUT2D eigenvalue weighted by Gasteiger charge is 2.44. The van der Waals surface area contributed by atoms with Crippen molar-refractivity contribution in [3.05, 3.63) is 88.5 Å². The second-order valence-electron chi connectivity index (χ2n) is 9.23. The molecule has 2 aliphatic heterocycles. The van der Waals surface area contributed by atoms with Gasteiger partial charge >= 0.3 is 0 Å². The van der Waals surface area contributed by atoms with Gasteiger partial charge in [0.2, 0.25) is 0 Å². The molecule has 2 aliphatic rings. The van der Waals surface area contributed by atoms with E-state index in [4.69, 9.17) is 23.7 Å². The summed E-state index contributed by atoms with van der Waals surface area (Å²) in [6.07, 6.45) is 2.27. The van der Waals surface area contributed by atoms with Gasteiger partial charge in [0.1, 0.15) is 36.6 Å². The summed E-state index contributed by atoms with van der Waals surface area (Å²) in [6, 6.07) is 17.3. The zero-order valence-electron chi connectivity index (χ0n) is 21.0. The van der Waals surface area contributed by atoms with E-state index >= 15 is 0 Å². The van der Waals surface area contributed by atoms with Crippen molar-refractivity contribution in [3.8, 4) is 28.7 Å². The predicted molar refractivity (Wildman–Crippen MR) is 137 cm³/mol. The molecule has 2 heterocycles. The highest BCUT2D eigenvalue weighted by atomic mass is 16.5. The molecule has 3 aromatic rings. The average molecular weight is 487 g/mol. The third kappa shape index (κ3) is 4.39. The number of fused-ring (bicyclic) bond motifs is 4. The number of benzene rings is 3. The van der Waals surface area contributed by atoms with Gasteiger partial charge in [-0.2, -0.15) is 0 Å². The highest BCUT2D eigenvalue weighted by molar-refractivity contribution is 6.06. The third-order valence-electron chi connectivity index (χ3n) is 6.61. The Kier molecular flexibility index (Phi) is 6.59. The van der Waals surface area contributed by atoms with Crippen LogP contribution in [0.1, 0.15) is 46.8 Å². The van der Waals surface area contributed by atoms with Crippen LogP contribution in [0.5, 0.6) is 28.7 Å². The van der Waals surface area contributed by atoms with Gasteiger partial charge < -0.3 is 23.7 Å². The minimum atomic E-state index is -0.492. The summed E-state index contributed by atoms with van der Waals surface area (Å²) in [4.78, 5) is 13.9. The predicted octanol–water partition coefficient (Wildman–Crippen LogP) is 5.91. The van der Waals surface area contributed by atoms with Gasteiger partial charge in [0.15, 0.2) is 17.3 Å². The SMILES string of the molecule is COc1cc2c(cc1OC)[C@@H]1C(=O)c3ccc(OCc4ccccc4)c(CC=C(C)C)c3O[C@@H]1CO2. The Morgan fingerprint density at radius 2 is 1.75 bits per heavy atom. The highest BCUT2D eigenvalue weighted by Crippen LogP contribution is 2.48. The molecule has 0 N–H and O–H groups in total. The number of ketones is 1. The average Bonchev–Trinajstić information content (AvgIpc) is 2.90. The molecule has 0 spiro atoms. The molecule has 0 radical (unpaired) electrons. The van der Waals surface area contributed by atoms with Crippen LogP contribution in [0.4, 0.5) is 0 Å². The van der Waals surface area contributed by atoms with Crippen molar-refractivity contribution in [2.24, 2.45) is 0 Å². The van der Waals surface area contributed by atoms with Gasteiger partial charge in [-0.15, -0.1) is 0 Å². The van der Waals surface area contributed by atoms with Crippen LogP contribution >= 0.6 is 0 Å². The molecule has 0 amide bonds. The van der Waals surface area contributed by atoms with Gasteiger partial charge in [0, 0.05) is 17.2 Å². The van der Waals surface area contributed by atoms with Crippen LogP contribution in [0.3, 0.4) is 0 Å². The second-order valence-corrected chi connectivity index (χ2v) is 9.23. The minimum Gasteiger partial charge on any atom is -0.493 e. The van der Waals surface area contributed by atoms with Crippen molar-refractivity contribution in [2.75, 3.05) is 20.8 Å². The van der Waals surface area contributed by atoms with E-state index in [1.807, 2.05) is 48.5 Å². The fraction of sp³-hybridized carbons (Fsp3) is 0.300. The van der Waals surface area contributed by atoms with Crippen LogP contribution in [0, 0.1) is 0 Å². The second kappa shape index (κ2) is 9.97. The number of Topliss-reactive ketones (excluding diaryl/α,β-unsaturated/α-hetero) is 1. The van der Waals surface area contributed by atoms with Crippen LogP contribution in [0.15, 0.2) is 66.2 Å². The van der Waals surface area contributed by atoms with E-state index in [1.54, 1.807) is 20.3 Å². The molecule has 6 heteroatoms. The van der Waals surface area contributed by atoms with E-state index < -0.39 is 12.0 Å². The van der Waals surface area contributed by atoms with Crippen molar-refractivity contribution in [1.82, 2.24) is 0 Å². The summed E-state index contributed by atoms with van der Waals surface area (Å²) < 4.78 is 29.7. The molecule has 2 atom stereocenters. The first kappa shape index (κ1) is 23.8. The van der Waals surface area contributed by atoms with Crippen LogP contribution < -0.4 is 23.7 Å². The van der Waals surface area contributed by atoms with E-state index in [0.29, 0.717) is 47.3 Å². The lowest BCUT2D eigenvalue weighted by atomic mass is 9.81.